The first-order valence-corrected chi connectivity index (χ1v) is 12.4. The summed E-state index contributed by atoms with van der Waals surface area (Å²) in [6.45, 7) is 3.20. The summed E-state index contributed by atoms with van der Waals surface area (Å²) in [6.07, 6.45) is 0. The number of aromatic nitrogens is 1. The van der Waals surface area contributed by atoms with Crippen molar-refractivity contribution in [3.8, 4) is 23.0 Å². The van der Waals surface area contributed by atoms with Gasteiger partial charge >= 0.3 is 0 Å². The molecule has 1 aromatic heterocycles. The van der Waals surface area contributed by atoms with Crippen LogP contribution in [-0.2, 0) is 16.4 Å². The summed E-state index contributed by atoms with van der Waals surface area (Å²) in [4.78, 5) is 6.30. The molecule has 0 unspecified atom stereocenters. The molecular formula is C26H24N2O5S. The summed E-state index contributed by atoms with van der Waals surface area (Å²) in [7, 11) is -2.23. The van der Waals surface area contributed by atoms with Crippen molar-refractivity contribution >= 4 is 15.7 Å². The normalized spacial score (nSPS) is 13.0. The van der Waals surface area contributed by atoms with E-state index in [1.807, 2.05) is 61.5 Å². The van der Waals surface area contributed by atoms with Crippen LogP contribution >= 0.6 is 0 Å². The highest BCUT2D eigenvalue weighted by atomic mass is 32.2. The number of rotatable bonds is 6. The highest BCUT2D eigenvalue weighted by Gasteiger charge is 2.31. The number of aryl methyl sites for hydroxylation is 1. The summed E-state index contributed by atoms with van der Waals surface area (Å²) < 4.78 is 44.7. The molecule has 1 aliphatic heterocycles. The lowest BCUT2D eigenvalue weighted by Gasteiger charge is -2.19. The second kappa shape index (κ2) is 8.87. The summed E-state index contributed by atoms with van der Waals surface area (Å²) in [5, 5.41) is -0.140. The van der Waals surface area contributed by atoms with Gasteiger partial charge in [-0.3, -0.25) is 0 Å². The van der Waals surface area contributed by atoms with Gasteiger partial charge in [-0.15, -0.1) is 0 Å². The van der Waals surface area contributed by atoms with E-state index in [-0.39, 0.29) is 21.7 Å². The van der Waals surface area contributed by atoms with Crippen LogP contribution in [0.3, 0.4) is 0 Å². The maximum absolute atomic E-state index is 13.8. The van der Waals surface area contributed by atoms with Crippen LogP contribution in [-0.4, -0.2) is 33.7 Å². The Balaban J connectivity index is 1.60. The molecule has 0 spiro atoms. The molecule has 0 saturated carbocycles. The van der Waals surface area contributed by atoms with Gasteiger partial charge in [0, 0.05) is 25.2 Å². The zero-order chi connectivity index (χ0) is 23.7. The van der Waals surface area contributed by atoms with E-state index in [4.69, 9.17) is 13.9 Å². The fraction of sp³-hybridized carbons (Fsp3) is 0.192. The second-order valence-electron chi connectivity index (χ2n) is 8.15. The lowest BCUT2D eigenvalue weighted by atomic mass is 10.1. The molecule has 0 atom stereocenters. The fourth-order valence-electron chi connectivity index (χ4n) is 3.85. The minimum absolute atomic E-state index is 0.0650. The number of anilines is 1. The van der Waals surface area contributed by atoms with E-state index in [0.717, 1.165) is 11.1 Å². The Morgan fingerprint density at radius 1 is 0.912 bits per heavy atom. The van der Waals surface area contributed by atoms with Crippen molar-refractivity contribution in [3.05, 3.63) is 83.9 Å². The molecule has 7 nitrogen and oxygen atoms in total. The summed E-state index contributed by atoms with van der Waals surface area (Å²) >= 11 is 0. The van der Waals surface area contributed by atoms with Crippen LogP contribution in [0.4, 0.5) is 5.88 Å². The van der Waals surface area contributed by atoms with Gasteiger partial charge in [0.2, 0.25) is 26.6 Å². The van der Waals surface area contributed by atoms with Crippen LogP contribution in [0.1, 0.15) is 11.1 Å². The molecular weight excluding hydrogens is 452 g/mol. The Labute approximate surface area is 198 Å². The van der Waals surface area contributed by atoms with Crippen LogP contribution in [0.25, 0.3) is 11.5 Å². The molecule has 0 saturated heterocycles. The summed E-state index contributed by atoms with van der Waals surface area (Å²) in [5.41, 5.74) is 2.74. The van der Waals surface area contributed by atoms with Gasteiger partial charge < -0.3 is 18.8 Å². The van der Waals surface area contributed by atoms with Gasteiger partial charge in [-0.25, -0.2) is 8.42 Å². The van der Waals surface area contributed by atoms with Crippen LogP contribution in [0.5, 0.6) is 11.5 Å². The molecule has 3 aromatic carbocycles. The third-order valence-electron chi connectivity index (χ3n) is 5.53. The highest BCUT2D eigenvalue weighted by Crippen LogP contribution is 2.38. The van der Waals surface area contributed by atoms with Crippen molar-refractivity contribution < 1.29 is 22.3 Å². The van der Waals surface area contributed by atoms with Crippen molar-refractivity contribution in [3.63, 3.8) is 0 Å². The third-order valence-corrected chi connectivity index (χ3v) is 7.18. The quantitative estimate of drug-likeness (QED) is 0.392. The summed E-state index contributed by atoms with van der Waals surface area (Å²) in [6, 6.07) is 22.0. The smallest absolute Gasteiger partial charge is 0.236 e. The standard InChI is InChI=1S/C26H24N2O5S/c1-18-7-6-10-20(15-18)24-27-25(26(33-24)28(2)17-19-8-4-3-5-9-19)34(29,30)21-11-12-22-23(16-21)32-14-13-31-22/h3-12,15-16H,13-14,17H2,1-2H3. The molecule has 0 radical (unpaired) electrons. The third kappa shape index (κ3) is 4.24. The van der Waals surface area contributed by atoms with Crippen molar-refractivity contribution in [2.45, 2.75) is 23.4 Å². The topological polar surface area (TPSA) is 81.9 Å². The fourth-order valence-corrected chi connectivity index (χ4v) is 5.21. The molecule has 34 heavy (non-hydrogen) atoms. The zero-order valence-corrected chi connectivity index (χ0v) is 19.7. The molecule has 0 fully saturated rings. The summed E-state index contributed by atoms with van der Waals surface area (Å²) in [5.74, 6) is 1.34. The number of ether oxygens (including phenoxy) is 2. The highest BCUT2D eigenvalue weighted by molar-refractivity contribution is 7.91. The number of fused-ring (bicyclic) bond motifs is 1. The Kier molecular flexibility index (Phi) is 5.75. The van der Waals surface area contributed by atoms with Crippen LogP contribution in [0, 0.1) is 6.92 Å². The molecule has 8 heteroatoms. The van der Waals surface area contributed by atoms with E-state index in [1.54, 1.807) is 18.0 Å². The van der Waals surface area contributed by atoms with Crippen molar-refractivity contribution in [2.75, 3.05) is 25.2 Å². The van der Waals surface area contributed by atoms with Gasteiger partial charge in [0.05, 0.1) is 4.90 Å². The number of benzene rings is 3. The van der Waals surface area contributed by atoms with Crippen molar-refractivity contribution in [2.24, 2.45) is 0 Å². The number of sulfone groups is 1. The van der Waals surface area contributed by atoms with E-state index in [1.165, 1.54) is 12.1 Å². The molecule has 0 amide bonds. The zero-order valence-electron chi connectivity index (χ0n) is 18.9. The van der Waals surface area contributed by atoms with Crippen molar-refractivity contribution in [1.82, 2.24) is 4.98 Å². The second-order valence-corrected chi connectivity index (χ2v) is 10.0. The minimum Gasteiger partial charge on any atom is -0.486 e. The Morgan fingerprint density at radius 2 is 1.68 bits per heavy atom. The van der Waals surface area contributed by atoms with Gasteiger partial charge in [0.25, 0.3) is 0 Å². The van der Waals surface area contributed by atoms with Crippen molar-refractivity contribution in [1.29, 1.82) is 0 Å². The largest absolute Gasteiger partial charge is 0.486 e. The number of oxazole rings is 1. The maximum Gasteiger partial charge on any atom is 0.236 e. The molecule has 0 bridgehead atoms. The van der Waals surface area contributed by atoms with Gasteiger partial charge in [-0.2, -0.15) is 4.98 Å². The maximum atomic E-state index is 13.8. The first kappa shape index (κ1) is 22.0. The lowest BCUT2D eigenvalue weighted by Crippen LogP contribution is -2.19. The van der Waals surface area contributed by atoms with E-state index < -0.39 is 9.84 Å². The molecule has 2 heterocycles. The SMILES string of the molecule is Cc1cccc(-c2nc(S(=O)(=O)c3ccc4c(c3)OCCO4)c(N(C)Cc3ccccc3)o2)c1. The Morgan fingerprint density at radius 3 is 2.44 bits per heavy atom. The Bertz CT molecular complexity index is 1430. The molecule has 0 aliphatic carbocycles. The van der Waals surface area contributed by atoms with Crippen LogP contribution in [0.2, 0.25) is 0 Å². The van der Waals surface area contributed by atoms with Gasteiger partial charge in [0.1, 0.15) is 13.2 Å². The monoisotopic (exact) mass is 476 g/mol. The van der Waals surface area contributed by atoms with Gasteiger partial charge in [-0.05, 0) is 36.8 Å². The predicted molar refractivity (Wildman–Crippen MR) is 128 cm³/mol. The van der Waals surface area contributed by atoms with E-state index in [0.29, 0.717) is 36.8 Å². The average Bonchev–Trinajstić information content (AvgIpc) is 3.31. The molecule has 4 aromatic rings. The van der Waals surface area contributed by atoms with E-state index in [2.05, 4.69) is 4.98 Å². The number of nitrogens with zero attached hydrogens (tertiary/aromatic N) is 2. The first-order valence-electron chi connectivity index (χ1n) is 10.9. The molecule has 1 aliphatic rings. The van der Waals surface area contributed by atoms with Crippen LogP contribution in [0.15, 0.2) is 87.1 Å². The number of hydrogen-bond donors (Lipinski definition) is 0. The molecule has 174 valence electrons. The number of hydrogen-bond acceptors (Lipinski definition) is 7. The van der Waals surface area contributed by atoms with E-state index in [9.17, 15) is 8.42 Å². The minimum atomic E-state index is -4.02. The Hall–Kier alpha value is -3.78. The van der Waals surface area contributed by atoms with Gasteiger partial charge in [0.15, 0.2) is 11.5 Å². The predicted octanol–water partition coefficient (Wildman–Crippen LogP) is 4.89. The molecule has 5 rings (SSSR count). The lowest BCUT2D eigenvalue weighted by molar-refractivity contribution is 0.171. The first-order chi connectivity index (χ1) is 16.4. The van der Waals surface area contributed by atoms with E-state index >= 15 is 0 Å². The average molecular weight is 477 g/mol. The van der Waals surface area contributed by atoms with Gasteiger partial charge in [-0.1, -0.05) is 48.0 Å². The van der Waals surface area contributed by atoms with Crippen LogP contribution < -0.4 is 14.4 Å². The molecule has 0 N–H and O–H groups in total.